The summed E-state index contributed by atoms with van der Waals surface area (Å²) in [6, 6.07) is 7.80. The second kappa shape index (κ2) is 4.29. The number of benzene rings is 1. The number of aryl methyl sites for hydroxylation is 2. The smallest absolute Gasteiger partial charge is 0.406 e. The maximum atomic E-state index is 12.2. The van der Waals surface area contributed by atoms with Crippen molar-refractivity contribution >= 4 is 0 Å². The molecule has 0 spiro atoms. The van der Waals surface area contributed by atoms with Crippen molar-refractivity contribution < 1.29 is 17.9 Å². The number of nitrogens with zero attached hydrogens (tertiary/aromatic N) is 2. The molecule has 0 unspecified atom stereocenters. The Morgan fingerprint density at radius 3 is 2.79 bits per heavy atom. The summed E-state index contributed by atoms with van der Waals surface area (Å²) < 4.78 is 42.3. The lowest BCUT2D eigenvalue weighted by molar-refractivity contribution is -0.274. The molecule has 6 heteroatoms. The van der Waals surface area contributed by atoms with Crippen molar-refractivity contribution in [3.05, 3.63) is 36.0 Å². The third-order valence-corrected chi connectivity index (χ3v) is 3.03. The van der Waals surface area contributed by atoms with E-state index in [0.29, 0.717) is 11.3 Å². The van der Waals surface area contributed by atoms with E-state index in [2.05, 4.69) is 9.84 Å². The van der Waals surface area contributed by atoms with Crippen LogP contribution in [0.2, 0.25) is 0 Å². The van der Waals surface area contributed by atoms with Crippen LogP contribution in [0.3, 0.4) is 0 Å². The molecule has 0 amide bonds. The quantitative estimate of drug-likeness (QED) is 0.834. The number of hydrogen-bond donors (Lipinski definition) is 0. The third kappa shape index (κ3) is 2.57. The topological polar surface area (TPSA) is 27.1 Å². The predicted molar refractivity (Wildman–Crippen MR) is 62.7 cm³/mol. The van der Waals surface area contributed by atoms with Crippen molar-refractivity contribution in [1.29, 1.82) is 0 Å². The van der Waals surface area contributed by atoms with E-state index in [4.69, 9.17) is 0 Å². The van der Waals surface area contributed by atoms with Crippen LogP contribution in [0.15, 0.2) is 30.3 Å². The van der Waals surface area contributed by atoms with E-state index >= 15 is 0 Å². The Balaban J connectivity index is 1.90. The molecule has 2 heterocycles. The lowest BCUT2D eigenvalue weighted by atomic mass is 10.1. The molecule has 1 aromatic carbocycles. The fourth-order valence-corrected chi connectivity index (χ4v) is 2.25. The highest BCUT2D eigenvalue weighted by Crippen LogP contribution is 2.28. The number of aromatic nitrogens is 2. The minimum atomic E-state index is -4.67. The Kier molecular flexibility index (Phi) is 2.73. The Bertz CT molecular complexity index is 583. The SMILES string of the molecule is FC(F)(F)Oc1cccc(-c2cc3n(n2)CCC3)c1. The van der Waals surface area contributed by atoms with Gasteiger partial charge < -0.3 is 4.74 Å². The maximum Gasteiger partial charge on any atom is 0.573 e. The zero-order valence-corrected chi connectivity index (χ0v) is 9.94. The van der Waals surface area contributed by atoms with E-state index in [0.717, 1.165) is 25.1 Å². The van der Waals surface area contributed by atoms with Crippen molar-refractivity contribution in [3.63, 3.8) is 0 Å². The fourth-order valence-electron chi connectivity index (χ4n) is 2.25. The number of ether oxygens (including phenoxy) is 1. The number of halogens is 3. The lowest BCUT2D eigenvalue weighted by Gasteiger charge is -2.09. The summed E-state index contributed by atoms with van der Waals surface area (Å²) in [5, 5.41) is 4.38. The summed E-state index contributed by atoms with van der Waals surface area (Å²) in [5.41, 5.74) is 2.43. The third-order valence-electron chi connectivity index (χ3n) is 3.03. The molecule has 100 valence electrons. The van der Waals surface area contributed by atoms with Gasteiger partial charge in [0.05, 0.1) is 5.69 Å². The van der Waals surface area contributed by atoms with Gasteiger partial charge in [-0.1, -0.05) is 12.1 Å². The van der Waals surface area contributed by atoms with Gasteiger partial charge in [0.25, 0.3) is 0 Å². The van der Waals surface area contributed by atoms with Gasteiger partial charge in [0.1, 0.15) is 5.75 Å². The average molecular weight is 268 g/mol. The Morgan fingerprint density at radius 2 is 2.05 bits per heavy atom. The summed E-state index contributed by atoms with van der Waals surface area (Å²) in [6.45, 7) is 0.869. The van der Waals surface area contributed by atoms with Crippen LogP contribution in [0.25, 0.3) is 11.3 Å². The first-order chi connectivity index (χ1) is 9.01. The summed E-state index contributed by atoms with van der Waals surface area (Å²) in [7, 11) is 0. The molecule has 3 rings (SSSR count). The van der Waals surface area contributed by atoms with Gasteiger partial charge in [0.2, 0.25) is 0 Å². The molecule has 1 aromatic heterocycles. The number of rotatable bonds is 2. The van der Waals surface area contributed by atoms with Crippen LogP contribution in [-0.2, 0) is 13.0 Å². The molecule has 0 bridgehead atoms. The summed E-state index contributed by atoms with van der Waals surface area (Å²) in [6.07, 6.45) is -2.64. The highest BCUT2D eigenvalue weighted by atomic mass is 19.4. The van der Waals surface area contributed by atoms with E-state index in [1.165, 1.54) is 18.2 Å². The molecule has 19 heavy (non-hydrogen) atoms. The van der Waals surface area contributed by atoms with Gasteiger partial charge in [-0.05, 0) is 31.0 Å². The number of fused-ring (bicyclic) bond motifs is 1. The van der Waals surface area contributed by atoms with Gasteiger partial charge in [-0.2, -0.15) is 5.10 Å². The van der Waals surface area contributed by atoms with Crippen LogP contribution in [0.5, 0.6) is 5.75 Å². The predicted octanol–water partition coefficient (Wildman–Crippen LogP) is 3.39. The molecule has 1 aliphatic heterocycles. The van der Waals surface area contributed by atoms with Crippen LogP contribution < -0.4 is 4.74 Å². The molecule has 3 nitrogen and oxygen atoms in total. The second-order valence-electron chi connectivity index (χ2n) is 4.42. The van der Waals surface area contributed by atoms with E-state index in [-0.39, 0.29) is 5.75 Å². The van der Waals surface area contributed by atoms with Crippen LogP contribution in [0, 0.1) is 0 Å². The fraction of sp³-hybridized carbons (Fsp3) is 0.308. The molecule has 0 radical (unpaired) electrons. The van der Waals surface area contributed by atoms with Gasteiger partial charge >= 0.3 is 6.36 Å². The molecule has 0 N–H and O–H groups in total. The number of hydrogen-bond acceptors (Lipinski definition) is 2. The first kappa shape index (κ1) is 12.1. The van der Waals surface area contributed by atoms with Crippen molar-refractivity contribution in [2.75, 3.05) is 0 Å². The Labute approximate surface area is 107 Å². The lowest BCUT2D eigenvalue weighted by Crippen LogP contribution is -2.17. The molecule has 0 fully saturated rings. The zero-order chi connectivity index (χ0) is 13.5. The monoisotopic (exact) mass is 268 g/mol. The number of alkyl halides is 3. The van der Waals surface area contributed by atoms with Gasteiger partial charge in [-0.25, -0.2) is 0 Å². The second-order valence-corrected chi connectivity index (χ2v) is 4.42. The van der Waals surface area contributed by atoms with Crippen molar-refractivity contribution in [2.24, 2.45) is 0 Å². The zero-order valence-electron chi connectivity index (χ0n) is 9.94. The van der Waals surface area contributed by atoms with Gasteiger partial charge in [-0.3, -0.25) is 4.68 Å². The summed E-state index contributed by atoms with van der Waals surface area (Å²) in [4.78, 5) is 0. The molecule has 0 saturated carbocycles. The highest BCUT2D eigenvalue weighted by Gasteiger charge is 2.31. The van der Waals surface area contributed by atoms with E-state index in [9.17, 15) is 13.2 Å². The van der Waals surface area contributed by atoms with E-state index < -0.39 is 6.36 Å². The van der Waals surface area contributed by atoms with Crippen LogP contribution >= 0.6 is 0 Å². The van der Waals surface area contributed by atoms with Crippen molar-refractivity contribution in [3.8, 4) is 17.0 Å². The summed E-state index contributed by atoms with van der Waals surface area (Å²) in [5.74, 6) is -0.224. The average Bonchev–Trinajstić information content (AvgIpc) is 2.86. The molecular formula is C13H11F3N2O. The van der Waals surface area contributed by atoms with Crippen LogP contribution in [0.1, 0.15) is 12.1 Å². The largest absolute Gasteiger partial charge is 0.573 e. The normalized spacial score (nSPS) is 14.5. The van der Waals surface area contributed by atoms with E-state index in [1.807, 2.05) is 10.7 Å². The first-order valence-corrected chi connectivity index (χ1v) is 5.94. The van der Waals surface area contributed by atoms with Gasteiger partial charge in [0, 0.05) is 17.8 Å². The molecule has 1 aliphatic rings. The molecule has 2 aromatic rings. The van der Waals surface area contributed by atoms with Gasteiger partial charge in [0.15, 0.2) is 0 Å². The molecule has 0 saturated heterocycles. The maximum absolute atomic E-state index is 12.2. The van der Waals surface area contributed by atoms with Gasteiger partial charge in [-0.15, -0.1) is 13.2 Å². The van der Waals surface area contributed by atoms with Crippen LogP contribution in [0.4, 0.5) is 13.2 Å². The Morgan fingerprint density at radius 1 is 1.21 bits per heavy atom. The highest BCUT2D eigenvalue weighted by molar-refractivity contribution is 5.61. The standard InChI is InChI=1S/C13H11F3N2O/c14-13(15,16)19-11-5-1-3-9(7-11)12-8-10-4-2-6-18(10)17-12/h1,3,5,7-8H,2,4,6H2. The minimum Gasteiger partial charge on any atom is -0.406 e. The summed E-state index contributed by atoms with van der Waals surface area (Å²) >= 11 is 0. The minimum absolute atomic E-state index is 0.224. The molecule has 0 aliphatic carbocycles. The van der Waals surface area contributed by atoms with Crippen molar-refractivity contribution in [1.82, 2.24) is 9.78 Å². The van der Waals surface area contributed by atoms with E-state index in [1.54, 1.807) is 6.07 Å². The van der Waals surface area contributed by atoms with Crippen LogP contribution in [-0.4, -0.2) is 16.1 Å². The van der Waals surface area contributed by atoms with Crippen molar-refractivity contribution in [2.45, 2.75) is 25.7 Å². The Hall–Kier alpha value is -1.98. The molecule has 0 atom stereocenters. The first-order valence-electron chi connectivity index (χ1n) is 5.94. The molecular weight excluding hydrogens is 257 g/mol.